The van der Waals surface area contributed by atoms with Crippen LogP contribution in [0.2, 0.25) is 10.0 Å². The molecule has 17 heteroatoms. The Morgan fingerprint density at radius 3 is 2.36 bits per heavy atom. The van der Waals surface area contributed by atoms with Gasteiger partial charge in [-0.3, -0.25) is 24.2 Å². The van der Waals surface area contributed by atoms with Crippen LogP contribution in [0.25, 0.3) is 11.3 Å². The SMILES string of the molecule is COC[C@@H]1NC(=O)[C@H](CCCCN2CCOCC2)N(Cc2ccc(Cl)cc2Oc2ccc(-c3cnc(CN(C)C)n3C)cc2)C(=O)C[C@@H]([C@H]2CCc3ccccc32)C(=O)N(C)C[C@@H](Cc2ccc(Cl)cc2)N(C)C1O. The molecule has 0 saturated carbocycles. The Morgan fingerprint density at radius 2 is 1.63 bits per heavy atom. The number of aromatic nitrogens is 2. The molecule has 0 spiro atoms. The Labute approximate surface area is 452 Å². The van der Waals surface area contributed by atoms with E-state index in [1.165, 1.54) is 7.11 Å². The molecule has 0 bridgehead atoms. The van der Waals surface area contributed by atoms with Crippen molar-refractivity contribution in [3.63, 3.8) is 0 Å². The van der Waals surface area contributed by atoms with Gasteiger partial charge in [0, 0.05) is 74.5 Å². The van der Waals surface area contributed by atoms with Gasteiger partial charge in [0.15, 0.2) is 0 Å². The van der Waals surface area contributed by atoms with E-state index >= 15 is 14.4 Å². The summed E-state index contributed by atoms with van der Waals surface area (Å²) in [6.07, 6.45) is 4.12. The van der Waals surface area contributed by atoms with E-state index in [9.17, 15) is 5.11 Å². The number of carbonyl (C=O) groups is 3. The number of aryl methyl sites for hydroxylation is 1. The average Bonchev–Trinajstić information content (AvgIpc) is 4.00. The standard InChI is InChI=1S/C58H74Cl2N8O7/c1-63(2)37-54-61-34-52(66(54)5)41-17-23-46(24-18-41)75-53-32-44(60)22-16-42(53)35-68-51(13-9-10-26-67-27-29-74-30-28-67)56(70)62-50(38-73-6)58(72)65(4)45(31-39-14-20-43(59)21-15-39)36-64(3)57(71)49(33-55(68)69)48-25-19-40-11-7-8-12-47(40)48/h7-8,11-12,14-18,20-24,32,34,45,48-51,58,72H,9-10,13,19,25-31,33,35-38H2,1-6H3,(H,62,70)/t45-,48+,49+,50+,51+,58?/m1/s1. The van der Waals surface area contributed by atoms with E-state index in [2.05, 4.69) is 36.8 Å². The number of hydrogen-bond acceptors (Lipinski definition) is 11. The zero-order chi connectivity index (χ0) is 53.2. The fraction of sp³-hybridized carbons (Fsp3) is 0.483. The first-order valence-corrected chi connectivity index (χ1v) is 27.0. The number of benzene rings is 4. The van der Waals surface area contributed by atoms with Crippen molar-refractivity contribution in [1.82, 2.24) is 39.4 Å². The maximum atomic E-state index is 15.8. The molecule has 4 aromatic carbocycles. The molecule has 3 aliphatic rings. The monoisotopic (exact) mass is 1060 g/mol. The van der Waals surface area contributed by atoms with Gasteiger partial charge in [0.2, 0.25) is 17.7 Å². The fourth-order valence-electron chi connectivity index (χ4n) is 11.0. The number of rotatable bonds is 17. The van der Waals surface area contributed by atoms with Crippen molar-refractivity contribution >= 4 is 40.9 Å². The minimum atomic E-state index is -1.25. The molecule has 0 radical (unpaired) electrons. The lowest BCUT2D eigenvalue weighted by Gasteiger charge is -2.41. The number of nitrogens with one attached hydrogen (secondary N) is 1. The number of morpholine rings is 1. The lowest BCUT2D eigenvalue weighted by atomic mass is 9.83. The van der Waals surface area contributed by atoms with Crippen LogP contribution in [-0.4, -0.2) is 163 Å². The minimum absolute atomic E-state index is 0.0215. The van der Waals surface area contributed by atoms with Crippen LogP contribution in [0.1, 0.15) is 66.1 Å². The maximum absolute atomic E-state index is 15.8. The molecule has 1 aliphatic carbocycles. The smallest absolute Gasteiger partial charge is 0.243 e. The van der Waals surface area contributed by atoms with Gasteiger partial charge in [0.25, 0.3) is 0 Å². The number of aliphatic hydroxyl groups excluding tert-OH is 1. The Kier molecular flexibility index (Phi) is 19.5. The fourth-order valence-corrected chi connectivity index (χ4v) is 11.3. The summed E-state index contributed by atoms with van der Waals surface area (Å²) in [7, 11) is 11.2. The van der Waals surface area contributed by atoms with E-state index in [0.29, 0.717) is 72.5 Å². The number of hydrogen-bond donors (Lipinski definition) is 2. The molecule has 3 heterocycles. The summed E-state index contributed by atoms with van der Waals surface area (Å²) in [5.41, 5.74) is 5.73. The van der Waals surface area contributed by atoms with Gasteiger partial charge >= 0.3 is 0 Å². The van der Waals surface area contributed by atoms with Crippen molar-refractivity contribution in [2.24, 2.45) is 13.0 Å². The van der Waals surface area contributed by atoms with Gasteiger partial charge in [0.1, 0.15) is 29.6 Å². The summed E-state index contributed by atoms with van der Waals surface area (Å²) in [5.74, 6) is -0.0483. The number of carbonyl (C=O) groups excluding carboxylic acids is 3. The van der Waals surface area contributed by atoms with Gasteiger partial charge < -0.3 is 43.9 Å². The van der Waals surface area contributed by atoms with Crippen LogP contribution >= 0.6 is 23.2 Å². The van der Waals surface area contributed by atoms with Gasteiger partial charge in [-0.25, -0.2) is 4.98 Å². The third-order valence-electron chi connectivity index (χ3n) is 15.2. The van der Waals surface area contributed by atoms with Crippen LogP contribution in [-0.2, 0) is 56.8 Å². The molecule has 1 unspecified atom stereocenters. The van der Waals surface area contributed by atoms with Crippen LogP contribution in [0.15, 0.2) is 97.2 Å². The number of ether oxygens (including phenoxy) is 3. The zero-order valence-corrected chi connectivity index (χ0v) is 45.8. The van der Waals surface area contributed by atoms with Gasteiger partial charge in [0.05, 0.1) is 56.8 Å². The number of methoxy groups -OCH3 is 1. The first-order valence-electron chi connectivity index (χ1n) is 26.3. The van der Waals surface area contributed by atoms with Crippen molar-refractivity contribution in [2.45, 2.75) is 88.3 Å². The van der Waals surface area contributed by atoms with Crippen molar-refractivity contribution in [2.75, 3.05) is 81.3 Å². The number of amides is 3. The molecule has 75 heavy (non-hydrogen) atoms. The molecule has 2 fully saturated rings. The lowest BCUT2D eigenvalue weighted by Crippen LogP contribution is -2.61. The summed E-state index contributed by atoms with van der Waals surface area (Å²) >= 11 is 13.0. The van der Waals surface area contributed by atoms with Crippen LogP contribution in [0.3, 0.4) is 0 Å². The highest BCUT2D eigenvalue weighted by atomic mass is 35.5. The number of fused-ring (bicyclic) bond motifs is 1. The second kappa shape index (κ2) is 26.1. The second-order valence-electron chi connectivity index (χ2n) is 20.7. The molecular formula is C58H74Cl2N8O7. The Hall–Kier alpha value is -5.36. The summed E-state index contributed by atoms with van der Waals surface area (Å²) in [6.45, 7) is 4.68. The van der Waals surface area contributed by atoms with Gasteiger partial charge in [-0.15, -0.1) is 0 Å². The summed E-state index contributed by atoms with van der Waals surface area (Å²) in [4.78, 5) is 60.8. The summed E-state index contributed by atoms with van der Waals surface area (Å²) in [6, 6.07) is 26.4. The molecule has 3 amide bonds. The van der Waals surface area contributed by atoms with Crippen molar-refractivity contribution < 1.29 is 33.7 Å². The number of halogens is 2. The lowest BCUT2D eigenvalue weighted by molar-refractivity contribution is -0.148. The van der Waals surface area contributed by atoms with Crippen LogP contribution in [0.5, 0.6) is 11.5 Å². The Morgan fingerprint density at radius 1 is 0.893 bits per heavy atom. The van der Waals surface area contributed by atoms with Crippen LogP contribution in [0.4, 0.5) is 0 Å². The van der Waals surface area contributed by atoms with Gasteiger partial charge in [-0.2, -0.15) is 0 Å². The van der Waals surface area contributed by atoms with Crippen LogP contribution in [0, 0.1) is 5.92 Å². The van der Waals surface area contributed by atoms with E-state index in [-0.39, 0.29) is 43.8 Å². The second-order valence-corrected chi connectivity index (χ2v) is 21.6. The van der Waals surface area contributed by atoms with E-state index in [1.54, 1.807) is 29.0 Å². The summed E-state index contributed by atoms with van der Waals surface area (Å²) in [5, 5.41) is 16.6. The van der Waals surface area contributed by atoms with E-state index in [4.69, 9.17) is 37.4 Å². The first kappa shape index (κ1) is 55.9. The van der Waals surface area contributed by atoms with Crippen molar-refractivity contribution in [3.05, 3.63) is 135 Å². The molecule has 15 nitrogen and oxygen atoms in total. The largest absolute Gasteiger partial charge is 0.457 e. The van der Waals surface area contributed by atoms with Gasteiger partial charge in [-0.1, -0.05) is 65.7 Å². The number of likely N-dealkylation sites (N-methyl/N-ethyl adjacent to an activating group) is 2. The highest BCUT2D eigenvalue weighted by molar-refractivity contribution is 6.31. The molecule has 6 atom stereocenters. The van der Waals surface area contributed by atoms with E-state index in [0.717, 1.165) is 66.2 Å². The molecule has 1 aromatic heterocycles. The normalized spacial score (nSPS) is 22.6. The zero-order valence-electron chi connectivity index (χ0n) is 44.3. The highest BCUT2D eigenvalue weighted by Crippen LogP contribution is 2.42. The summed E-state index contributed by atoms with van der Waals surface area (Å²) < 4.78 is 20.0. The maximum Gasteiger partial charge on any atom is 0.243 e. The number of unbranched alkanes of at least 4 members (excludes halogenated alkanes) is 1. The molecule has 402 valence electrons. The van der Waals surface area contributed by atoms with E-state index < -0.39 is 36.2 Å². The molecule has 8 rings (SSSR count). The van der Waals surface area contributed by atoms with Crippen molar-refractivity contribution in [3.8, 4) is 22.8 Å². The molecule has 5 aromatic rings. The predicted molar refractivity (Wildman–Crippen MR) is 293 cm³/mol. The predicted octanol–water partition coefficient (Wildman–Crippen LogP) is 7.65. The highest BCUT2D eigenvalue weighted by Gasteiger charge is 2.42. The topological polar surface area (TPSA) is 145 Å². The molecule has 2 saturated heterocycles. The van der Waals surface area contributed by atoms with Gasteiger partial charge in [-0.05, 0) is 137 Å². The molecule has 2 aliphatic heterocycles. The van der Waals surface area contributed by atoms with Crippen LogP contribution < -0.4 is 10.1 Å². The Balaban J connectivity index is 1.17. The minimum Gasteiger partial charge on any atom is -0.457 e. The molecule has 2 N–H and O–H groups in total. The van der Waals surface area contributed by atoms with Crippen molar-refractivity contribution in [1.29, 1.82) is 0 Å². The third-order valence-corrected chi connectivity index (χ3v) is 15.7. The number of aliphatic hydroxyl groups is 1. The Bertz CT molecular complexity index is 2700. The third kappa shape index (κ3) is 14.2. The van der Waals surface area contributed by atoms with E-state index in [1.807, 2.05) is 106 Å². The molecular weight excluding hydrogens is 992 g/mol. The average molecular weight is 1070 g/mol. The quantitative estimate of drug-likeness (QED) is 0.0887. The number of imidazole rings is 1. The number of nitrogens with zero attached hydrogens (tertiary/aromatic N) is 7. The first-order chi connectivity index (χ1) is 36.2.